The number of aliphatic hydroxyl groups excluding tert-OH is 1. The van der Waals surface area contributed by atoms with Gasteiger partial charge in [-0.3, -0.25) is 0 Å². The predicted octanol–water partition coefficient (Wildman–Crippen LogP) is 2.75. The molecule has 1 saturated heterocycles. The predicted molar refractivity (Wildman–Crippen MR) is 113 cm³/mol. The van der Waals surface area contributed by atoms with Crippen molar-refractivity contribution in [1.29, 1.82) is 0 Å². The van der Waals surface area contributed by atoms with Crippen LogP contribution in [0.5, 0.6) is 0 Å². The highest BCUT2D eigenvalue weighted by atomic mass is 32.2. The van der Waals surface area contributed by atoms with Crippen molar-refractivity contribution in [2.75, 3.05) is 25.4 Å². The molecule has 1 fully saturated rings. The van der Waals surface area contributed by atoms with Gasteiger partial charge in [-0.15, -0.1) is 0 Å². The molecule has 29 heavy (non-hydrogen) atoms. The average Bonchev–Trinajstić information content (AvgIpc) is 2.65. The molecule has 1 amide bonds. The van der Waals surface area contributed by atoms with Gasteiger partial charge in [-0.1, -0.05) is 44.2 Å². The lowest BCUT2D eigenvalue weighted by Gasteiger charge is -2.31. The van der Waals surface area contributed by atoms with E-state index in [1.165, 1.54) is 0 Å². The Labute approximate surface area is 174 Å². The molecule has 1 aliphatic rings. The first-order valence-electron chi connectivity index (χ1n) is 10.2. The minimum Gasteiger partial charge on any atom is -0.445 e. The van der Waals surface area contributed by atoms with Crippen molar-refractivity contribution >= 4 is 16.1 Å². The molecular weight excluding hydrogens is 392 g/mol. The van der Waals surface area contributed by atoms with Crippen LogP contribution in [0.1, 0.15) is 45.6 Å². The highest BCUT2D eigenvalue weighted by Gasteiger charge is 2.29. The number of hydrogen-bond donors (Lipinski definition) is 2. The lowest BCUT2D eigenvalue weighted by atomic mass is 9.87. The van der Waals surface area contributed by atoms with E-state index in [2.05, 4.69) is 4.72 Å². The molecule has 0 unspecified atom stereocenters. The summed E-state index contributed by atoms with van der Waals surface area (Å²) in [5.74, 6) is 0.0792. The molecule has 2 N–H and O–H groups in total. The number of nitrogens with one attached hydrogen (secondary N) is 1. The number of nitrogens with zero attached hydrogens (tertiary/aromatic N) is 1. The van der Waals surface area contributed by atoms with Crippen molar-refractivity contribution in [3.05, 3.63) is 35.9 Å². The van der Waals surface area contributed by atoms with Gasteiger partial charge in [0.25, 0.3) is 0 Å². The van der Waals surface area contributed by atoms with E-state index in [1.807, 2.05) is 44.2 Å². The smallest absolute Gasteiger partial charge is 0.410 e. The van der Waals surface area contributed by atoms with E-state index in [0.29, 0.717) is 38.9 Å². The molecule has 1 aromatic carbocycles. The number of ether oxygens (including phenoxy) is 1. The summed E-state index contributed by atoms with van der Waals surface area (Å²) in [5.41, 5.74) is 0.624. The Balaban J connectivity index is 1.73. The number of rotatable bonds is 9. The molecule has 8 heteroatoms. The molecule has 1 heterocycles. The first-order chi connectivity index (χ1) is 13.6. The quantitative estimate of drug-likeness (QED) is 0.633. The van der Waals surface area contributed by atoms with Gasteiger partial charge in [-0.25, -0.2) is 17.9 Å². The molecular formula is C21H34N2O5S. The van der Waals surface area contributed by atoms with Gasteiger partial charge in [0.2, 0.25) is 10.0 Å². The van der Waals surface area contributed by atoms with Crippen LogP contribution in [0.4, 0.5) is 4.79 Å². The Morgan fingerprint density at radius 3 is 2.48 bits per heavy atom. The fraction of sp³-hybridized carbons (Fsp3) is 0.667. The van der Waals surface area contributed by atoms with Crippen LogP contribution < -0.4 is 4.72 Å². The van der Waals surface area contributed by atoms with Crippen molar-refractivity contribution in [2.45, 2.75) is 52.7 Å². The number of aliphatic hydroxyl groups is 1. The minimum atomic E-state index is -3.40. The number of carbonyl (C=O) groups excluding carboxylic acids is 1. The van der Waals surface area contributed by atoms with Crippen LogP contribution in [0.3, 0.4) is 0 Å². The van der Waals surface area contributed by atoms with E-state index in [1.54, 1.807) is 11.8 Å². The Morgan fingerprint density at radius 1 is 1.28 bits per heavy atom. The monoisotopic (exact) mass is 426 g/mol. The van der Waals surface area contributed by atoms with Crippen molar-refractivity contribution in [1.82, 2.24) is 9.62 Å². The Hall–Kier alpha value is -1.64. The Kier molecular flexibility index (Phi) is 8.48. The van der Waals surface area contributed by atoms with Gasteiger partial charge >= 0.3 is 6.09 Å². The molecule has 0 aromatic heterocycles. The molecule has 1 aromatic rings. The summed E-state index contributed by atoms with van der Waals surface area (Å²) in [5, 5.41) is 9.53. The third kappa shape index (κ3) is 8.72. The van der Waals surface area contributed by atoms with E-state index in [9.17, 15) is 18.3 Å². The summed E-state index contributed by atoms with van der Waals surface area (Å²) in [6.07, 6.45) is 0.976. The fourth-order valence-corrected chi connectivity index (χ4v) is 5.32. The zero-order valence-electron chi connectivity index (χ0n) is 17.6. The molecule has 0 bridgehead atoms. The highest BCUT2D eigenvalue weighted by Crippen LogP contribution is 2.23. The van der Waals surface area contributed by atoms with E-state index in [0.717, 1.165) is 5.56 Å². The molecule has 1 atom stereocenters. The maximum Gasteiger partial charge on any atom is 0.410 e. The number of likely N-dealkylation sites (tertiary alicyclic amines) is 1. The van der Waals surface area contributed by atoms with Crippen LogP contribution in [0.25, 0.3) is 0 Å². The van der Waals surface area contributed by atoms with Gasteiger partial charge in [0.05, 0.1) is 11.9 Å². The van der Waals surface area contributed by atoms with Gasteiger partial charge in [0, 0.05) is 19.6 Å². The molecule has 0 spiro atoms. The molecule has 1 aliphatic heterocycles. The first kappa shape index (κ1) is 23.6. The summed E-state index contributed by atoms with van der Waals surface area (Å²) >= 11 is 0. The first-order valence-corrected chi connectivity index (χ1v) is 11.8. The largest absolute Gasteiger partial charge is 0.445 e. The van der Waals surface area contributed by atoms with Crippen molar-refractivity contribution in [3.8, 4) is 0 Å². The minimum absolute atomic E-state index is 0.0190. The van der Waals surface area contributed by atoms with Crippen molar-refractivity contribution in [3.63, 3.8) is 0 Å². The van der Waals surface area contributed by atoms with Crippen LogP contribution in [-0.2, 0) is 21.4 Å². The van der Waals surface area contributed by atoms with E-state index >= 15 is 0 Å². The van der Waals surface area contributed by atoms with Crippen LogP contribution in [0, 0.1) is 11.3 Å². The Bertz CT molecular complexity index is 742. The second-order valence-electron chi connectivity index (χ2n) is 8.79. The maximum atomic E-state index is 12.4. The topological polar surface area (TPSA) is 95.9 Å². The number of piperidine rings is 1. The van der Waals surface area contributed by atoms with Crippen LogP contribution in [0.2, 0.25) is 0 Å². The summed E-state index contributed by atoms with van der Waals surface area (Å²) in [7, 11) is -3.40. The van der Waals surface area contributed by atoms with Gasteiger partial charge in [0.1, 0.15) is 6.61 Å². The van der Waals surface area contributed by atoms with Crippen LogP contribution >= 0.6 is 0 Å². The molecule has 2 rings (SSSR count). The zero-order valence-corrected chi connectivity index (χ0v) is 18.5. The number of benzene rings is 1. The van der Waals surface area contributed by atoms with Crippen molar-refractivity contribution < 1.29 is 23.1 Å². The third-order valence-electron chi connectivity index (χ3n) is 5.15. The standard InChI is InChI=1S/C21H34N2O5S/c1-17(24)13-21(2,3)16-22-29(26,27)15-19-9-11-23(12-10-19)20(25)28-14-18-7-5-4-6-8-18/h4-8,17,19,22,24H,9-16H2,1-3H3/t17-/m1/s1. The lowest BCUT2D eigenvalue weighted by molar-refractivity contribution is 0.0839. The van der Waals surface area contributed by atoms with E-state index in [-0.39, 0.29) is 29.8 Å². The molecule has 7 nitrogen and oxygen atoms in total. The molecule has 164 valence electrons. The second kappa shape index (κ2) is 10.4. The summed E-state index contributed by atoms with van der Waals surface area (Å²) in [6.45, 7) is 7.10. The summed E-state index contributed by atoms with van der Waals surface area (Å²) in [6, 6.07) is 9.51. The third-order valence-corrected chi connectivity index (χ3v) is 6.65. The second-order valence-corrected chi connectivity index (χ2v) is 10.6. The number of amides is 1. The average molecular weight is 427 g/mol. The van der Waals surface area contributed by atoms with E-state index in [4.69, 9.17) is 4.74 Å². The van der Waals surface area contributed by atoms with Gasteiger partial charge in [0.15, 0.2) is 0 Å². The van der Waals surface area contributed by atoms with Gasteiger partial charge in [-0.05, 0) is 43.1 Å². The normalized spacial score (nSPS) is 17.2. The molecule has 0 aliphatic carbocycles. The maximum absolute atomic E-state index is 12.4. The number of carbonyl (C=O) groups is 1. The van der Waals surface area contributed by atoms with Crippen molar-refractivity contribution in [2.24, 2.45) is 11.3 Å². The van der Waals surface area contributed by atoms with Gasteiger partial charge in [-0.2, -0.15) is 0 Å². The van der Waals surface area contributed by atoms with Crippen LogP contribution in [0.15, 0.2) is 30.3 Å². The summed E-state index contributed by atoms with van der Waals surface area (Å²) < 4.78 is 32.9. The van der Waals surface area contributed by atoms with Gasteiger partial charge < -0.3 is 14.7 Å². The number of sulfonamides is 1. The number of hydrogen-bond acceptors (Lipinski definition) is 5. The zero-order chi connectivity index (χ0) is 21.5. The van der Waals surface area contributed by atoms with Crippen LogP contribution in [-0.4, -0.2) is 56.0 Å². The SMILES string of the molecule is C[C@@H](O)CC(C)(C)CNS(=O)(=O)CC1CCN(C(=O)OCc2ccccc2)CC1. The molecule has 0 radical (unpaired) electrons. The fourth-order valence-electron chi connectivity index (χ4n) is 3.64. The lowest BCUT2D eigenvalue weighted by Crippen LogP contribution is -2.42. The molecule has 0 saturated carbocycles. The Morgan fingerprint density at radius 2 is 1.90 bits per heavy atom. The summed E-state index contributed by atoms with van der Waals surface area (Å²) in [4.78, 5) is 13.9. The highest BCUT2D eigenvalue weighted by molar-refractivity contribution is 7.89. The van der Waals surface area contributed by atoms with E-state index < -0.39 is 16.1 Å².